The standard InChI is InChI=1S/C26H28N5O3/c1-26(2,3)34-25(32)30-16-19(17-30)23-22-15-28-13-14-31(22,27)24(29-23)18-9-11-21(12-10-18)33-20-7-5-4-6-8-20/h4-15,19H,16-17,27H2,1-3H3/q+1. The Balaban J connectivity index is 1.36. The third-order valence-corrected chi connectivity index (χ3v) is 5.83. The number of nitrogens with two attached hydrogens (primary N) is 1. The first kappa shape index (κ1) is 22.1. The second kappa shape index (κ2) is 8.23. The van der Waals surface area contributed by atoms with E-state index in [9.17, 15) is 4.79 Å². The number of fused-ring (bicyclic) bond motifs is 1. The lowest BCUT2D eigenvalue weighted by Gasteiger charge is -2.39. The van der Waals surface area contributed by atoms with Crippen molar-refractivity contribution >= 4 is 18.1 Å². The molecule has 0 bridgehead atoms. The quantitative estimate of drug-likeness (QED) is 0.537. The van der Waals surface area contributed by atoms with Crippen LogP contribution in [-0.4, -0.2) is 46.3 Å². The van der Waals surface area contributed by atoms with Crippen molar-refractivity contribution in [2.45, 2.75) is 26.4 Å². The zero-order valence-electron chi connectivity index (χ0n) is 19.5. The Morgan fingerprint density at radius 1 is 1.06 bits per heavy atom. The Morgan fingerprint density at radius 3 is 2.41 bits per heavy atom. The number of aliphatic imine (C=N–C) groups is 2. The molecule has 3 aliphatic rings. The van der Waals surface area contributed by atoms with Gasteiger partial charge in [0.05, 0.1) is 18.0 Å². The molecule has 2 aromatic rings. The molecule has 0 saturated carbocycles. The van der Waals surface area contributed by atoms with Crippen molar-refractivity contribution in [2.24, 2.45) is 21.7 Å². The van der Waals surface area contributed by atoms with Gasteiger partial charge in [-0.25, -0.2) is 4.79 Å². The highest BCUT2D eigenvalue weighted by Crippen LogP contribution is 2.38. The minimum Gasteiger partial charge on any atom is -0.457 e. The smallest absolute Gasteiger partial charge is 0.410 e. The van der Waals surface area contributed by atoms with E-state index < -0.39 is 5.60 Å². The molecule has 1 saturated heterocycles. The van der Waals surface area contributed by atoms with Gasteiger partial charge < -0.3 is 14.4 Å². The Labute approximate surface area is 198 Å². The fourth-order valence-corrected chi connectivity index (χ4v) is 4.13. The van der Waals surface area contributed by atoms with Crippen molar-refractivity contribution in [3.05, 3.63) is 84.0 Å². The number of amides is 1. The van der Waals surface area contributed by atoms with Gasteiger partial charge in [0.1, 0.15) is 29.0 Å². The lowest BCUT2D eigenvalue weighted by molar-refractivity contribution is -0.750. The van der Waals surface area contributed by atoms with Gasteiger partial charge in [-0.3, -0.25) is 4.99 Å². The summed E-state index contributed by atoms with van der Waals surface area (Å²) in [6, 6.07) is 17.4. The second-order valence-electron chi connectivity index (χ2n) is 9.58. The Hall–Kier alpha value is -3.75. The van der Waals surface area contributed by atoms with Crippen LogP contribution in [-0.2, 0) is 4.74 Å². The van der Waals surface area contributed by atoms with Gasteiger partial charge >= 0.3 is 6.09 Å². The number of rotatable bonds is 4. The van der Waals surface area contributed by atoms with Crippen molar-refractivity contribution in [1.82, 2.24) is 4.90 Å². The first-order chi connectivity index (χ1) is 16.2. The van der Waals surface area contributed by atoms with Crippen LogP contribution >= 0.6 is 0 Å². The zero-order chi connectivity index (χ0) is 23.9. The normalized spacial score (nSPS) is 21.8. The topological polar surface area (TPSA) is 89.5 Å². The number of hydrogen-bond donors (Lipinski definition) is 1. The fraction of sp³-hybridized carbons (Fsp3) is 0.269. The molecule has 8 nitrogen and oxygen atoms in total. The molecule has 0 radical (unpaired) electrons. The van der Waals surface area contributed by atoms with E-state index in [1.54, 1.807) is 17.3 Å². The van der Waals surface area contributed by atoms with Crippen molar-refractivity contribution < 1.29 is 18.9 Å². The SMILES string of the molecule is CC(C)(C)OC(=O)N1CC(C2=C3C=NC=C[N+]3(N)C(c3ccc(Oc4ccccc4)cc3)=N2)C1. The van der Waals surface area contributed by atoms with Crippen LogP contribution in [0.15, 0.2) is 88.4 Å². The van der Waals surface area contributed by atoms with E-state index in [2.05, 4.69) is 4.99 Å². The number of nitrogens with zero attached hydrogens (tertiary/aromatic N) is 4. The molecule has 0 aliphatic carbocycles. The van der Waals surface area contributed by atoms with E-state index in [1.807, 2.05) is 81.6 Å². The number of benzene rings is 2. The summed E-state index contributed by atoms with van der Waals surface area (Å²) < 4.78 is 11.3. The van der Waals surface area contributed by atoms with Gasteiger partial charge in [0.15, 0.2) is 0 Å². The van der Waals surface area contributed by atoms with E-state index in [1.165, 1.54) is 0 Å². The van der Waals surface area contributed by atoms with Crippen molar-refractivity contribution in [2.75, 3.05) is 13.1 Å². The predicted molar refractivity (Wildman–Crippen MR) is 130 cm³/mol. The lowest BCUT2D eigenvalue weighted by atomic mass is 9.95. The molecule has 0 spiro atoms. The summed E-state index contributed by atoms with van der Waals surface area (Å²) in [5.74, 6) is 9.10. The first-order valence-corrected chi connectivity index (χ1v) is 11.3. The fourth-order valence-electron chi connectivity index (χ4n) is 4.13. The monoisotopic (exact) mass is 458 g/mol. The molecule has 1 atom stereocenters. The number of likely N-dealkylation sites (tertiary alicyclic amines) is 1. The van der Waals surface area contributed by atoms with Gasteiger partial charge in [-0.2, -0.15) is 10.8 Å². The summed E-state index contributed by atoms with van der Waals surface area (Å²) >= 11 is 0. The maximum Gasteiger partial charge on any atom is 0.410 e. The number of ether oxygens (including phenoxy) is 2. The highest BCUT2D eigenvalue weighted by atomic mass is 16.6. The number of quaternary nitrogens is 1. The highest BCUT2D eigenvalue weighted by molar-refractivity contribution is 6.00. The average molecular weight is 459 g/mol. The van der Waals surface area contributed by atoms with Gasteiger partial charge in [-0.1, -0.05) is 18.2 Å². The molecule has 2 aromatic carbocycles. The van der Waals surface area contributed by atoms with Crippen molar-refractivity contribution in [1.29, 1.82) is 0 Å². The molecule has 0 aromatic heterocycles. The Morgan fingerprint density at radius 2 is 1.74 bits per heavy atom. The summed E-state index contributed by atoms with van der Waals surface area (Å²) in [4.78, 5) is 23.3. The van der Waals surface area contributed by atoms with E-state index in [4.69, 9.17) is 20.3 Å². The van der Waals surface area contributed by atoms with Gasteiger partial charge in [-0.15, -0.1) is 4.59 Å². The maximum atomic E-state index is 12.4. The predicted octanol–water partition coefficient (Wildman–Crippen LogP) is 4.56. The molecule has 174 valence electrons. The van der Waals surface area contributed by atoms with Crippen LogP contribution in [0.1, 0.15) is 26.3 Å². The molecule has 1 unspecified atom stereocenters. The highest BCUT2D eigenvalue weighted by Gasteiger charge is 2.48. The van der Waals surface area contributed by atoms with Gasteiger partial charge in [0, 0.05) is 19.0 Å². The van der Waals surface area contributed by atoms with Crippen LogP contribution in [0.4, 0.5) is 4.79 Å². The van der Waals surface area contributed by atoms with Gasteiger partial charge in [-0.05, 0) is 57.2 Å². The summed E-state index contributed by atoms with van der Waals surface area (Å²) in [5.41, 5.74) is 2.04. The van der Waals surface area contributed by atoms with Gasteiger partial charge in [0.25, 0.3) is 5.84 Å². The number of carbonyl (C=O) groups is 1. The molecule has 1 fully saturated rings. The molecular formula is C26H28N5O3+. The molecule has 1 amide bonds. The molecule has 2 N–H and O–H groups in total. The summed E-state index contributed by atoms with van der Waals surface area (Å²) in [5, 5.41) is 0. The number of carbonyl (C=O) groups excluding carboxylic acids is 1. The van der Waals surface area contributed by atoms with Crippen LogP contribution in [0.25, 0.3) is 0 Å². The van der Waals surface area contributed by atoms with E-state index in [-0.39, 0.29) is 16.6 Å². The Bertz CT molecular complexity index is 1220. The maximum absolute atomic E-state index is 12.4. The van der Waals surface area contributed by atoms with Gasteiger partial charge in [0.2, 0.25) is 5.70 Å². The Kier molecular flexibility index (Phi) is 5.34. The second-order valence-corrected chi connectivity index (χ2v) is 9.58. The molecule has 34 heavy (non-hydrogen) atoms. The van der Waals surface area contributed by atoms with Crippen LogP contribution in [0.3, 0.4) is 0 Å². The zero-order valence-corrected chi connectivity index (χ0v) is 19.5. The summed E-state index contributed by atoms with van der Waals surface area (Å²) in [6.07, 6.45) is 4.95. The number of amidine groups is 1. The minimum absolute atomic E-state index is 0.0549. The van der Waals surface area contributed by atoms with Crippen molar-refractivity contribution in [3.8, 4) is 11.5 Å². The lowest BCUT2D eigenvalue weighted by Crippen LogP contribution is -2.54. The van der Waals surface area contributed by atoms with Crippen LogP contribution in [0.2, 0.25) is 0 Å². The third kappa shape index (κ3) is 4.13. The number of hydrogen-bond acceptors (Lipinski definition) is 6. The van der Waals surface area contributed by atoms with Crippen LogP contribution in [0, 0.1) is 5.92 Å². The molecule has 5 rings (SSSR count). The largest absolute Gasteiger partial charge is 0.457 e. The van der Waals surface area contributed by atoms with Crippen LogP contribution in [0.5, 0.6) is 11.5 Å². The van der Waals surface area contributed by atoms with E-state index in [0.717, 1.165) is 28.5 Å². The van der Waals surface area contributed by atoms with Crippen LogP contribution < -0.4 is 10.6 Å². The average Bonchev–Trinajstić information content (AvgIpc) is 3.06. The van der Waals surface area contributed by atoms with Crippen molar-refractivity contribution in [3.63, 3.8) is 0 Å². The number of allylic oxidation sites excluding steroid dienone is 1. The molecule has 3 aliphatic heterocycles. The summed E-state index contributed by atoms with van der Waals surface area (Å²) in [7, 11) is 0. The third-order valence-electron chi connectivity index (χ3n) is 5.83. The van der Waals surface area contributed by atoms with E-state index >= 15 is 0 Å². The molecule has 8 heteroatoms. The number of para-hydroxylation sites is 1. The van der Waals surface area contributed by atoms with E-state index in [0.29, 0.717) is 18.9 Å². The summed E-state index contributed by atoms with van der Waals surface area (Å²) in [6.45, 7) is 6.66. The first-order valence-electron chi connectivity index (χ1n) is 11.3. The minimum atomic E-state index is -0.525. The molecule has 3 heterocycles. The molecular weight excluding hydrogens is 430 g/mol.